The number of aromatic amines is 1. The number of carbonyl (C=O) groups is 3. The first kappa shape index (κ1) is 30.5. The number of nitrogens with one attached hydrogen (secondary N) is 2. The highest BCUT2D eigenvalue weighted by molar-refractivity contribution is 8.00. The van der Waals surface area contributed by atoms with Crippen molar-refractivity contribution in [3.63, 3.8) is 0 Å². The molecule has 45 heavy (non-hydrogen) atoms. The number of thiazole rings is 1. The van der Waals surface area contributed by atoms with Crippen LogP contribution in [0.25, 0.3) is 0 Å². The summed E-state index contributed by atoms with van der Waals surface area (Å²) in [6.07, 6.45) is -4.80. The van der Waals surface area contributed by atoms with Crippen LogP contribution in [-0.4, -0.2) is 41.7 Å². The Bertz CT molecular complexity index is 1890. The first-order chi connectivity index (χ1) is 21.5. The van der Waals surface area contributed by atoms with Gasteiger partial charge in [-0.1, -0.05) is 59.5 Å². The number of benzene rings is 3. The molecular formula is C31H24F3N3O6S2. The van der Waals surface area contributed by atoms with Crippen LogP contribution in [0.1, 0.15) is 27.5 Å². The number of anilines is 2. The zero-order chi connectivity index (χ0) is 32.0. The lowest BCUT2D eigenvalue weighted by atomic mass is 9.83. The maximum Gasteiger partial charge on any atom is 0.418 e. The molecule has 2 aliphatic heterocycles. The van der Waals surface area contributed by atoms with Crippen LogP contribution in [0, 0.1) is 12.8 Å². The average Bonchev–Trinajstić information content (AvgIpc) is 3.50. The van der Waals surface area contributed by atoms with Crippen molar-refractivity contribution >= 4 is 52.2 Å². The molecule has 1 aromatic heterocycles. The van der Waals surface area contributed by atoms with Crippen LogP contribution in [0.4, 0.5) is 24.5 Å². The van der Waals surface area contributed by atoms with Gasteiger partial charge >= 0.3 is 11.0 Å². The molecular weight excluding hydrogens is 631 g/mol. The minimum atomic E-state index is -4.80. The Morgan fingerprint density at radius 1 is 1.00 bits per heavy atom. The van der Waals surface area contributed by atoms with E-state index in [-0.39, 0.29) is 18.1 Å². The number of ether oxygens (including phenoxy) is 2. The molecule has 1 saturated heterocycles. The van der Waals surface area contributed by atoms with Gasteiger partial charge in [-0.25, -0.2) is 4.90 Å². The van der Waals surface area contributed by atoms with Gasteiger partial charge in [0.1, 0.15) is 5.25 Å². The van der Waals surface area contributed by atoms with E-state index in [9.17, 15) is 32.3 Å². The Balaban J connectivity index is 1.33. The van der Waals surface area contributed by atoms with E-state index >= 15 is 0 Å². The second-order valence-corrected chi connectivity index (χ2v) is 12.5. The van der Waals surface area contributed by atoms with E-state index in [1.165, 1.54) is 19.2 Å². The second-order valence-electron chi connectivity index (χ2n) is 10.3. The predicted molar refractivity (Wildman–Crippen MR) is 162 cm³/mol. The van der Waals surface area contributed by atoms with Crippen molar-refractivity contribution < 1.29 is 37.0 Å². The van der Waals surface area contributed by atoms with Gasteiger partial charge in [0, 0.05) is 16.5 Å². The number of alkyl halides is 3. The summed E-state index contributed by atoms with van der Waals surface area (Å²) in [6, 6.07) is 16.4. The number of amides is 3. The smallest absolute Gasteiger partial charge is 0.418 e. The van der Waals surface area contributed by atoms with Gasteiger partial charge in [-0.05, 0) is 48.4 Å². The lowest BCUT2D eigenvalue weighted by Gasteiger charge is -2.30. The number of aryl methyl sites for hydroxylation is 1. The quantitative estimate of drug-likeness (QED) is 0.250. The van der Waals surface area contributed by atoms with E-state index in [1.807, 2.05) is 19.1 Å². The van der Waals surface area contributed by atoms with E-state index in [2.05, 4.69) is 10.3 Å². The average molecular weight is 656 g/mol. The van der Waals surface area contributed by atoms with E-state index in [4.69, 9.17) is 9.47 Å². The normalized spacial score (nSPS) is 19.2. The van der Waals surface area contributed by atoms with Crippen LogP contribution in [-0.2, 0) is 20.6 Å². The summed E-state index contributed by atoms with van der Waals surface area (Å²) in [5.41, 5.74) is 0.341. The Hall–Kier alpha value is -4.56. The molecule has 0 spiro atoms. The van der Waals surface area contributed by atoms with Gasteiger partial charge in [0.25, 0.3) is 5.91 Å². The Morgan fingerprint density at radius 2 is 1.73 bits per heavy atom. The van der Waals surface area contributed by atoms with Crippen molar-refractivity contribution in [2.45, 2.75) is 29.3 Å². The number of carbonyl (C=O) groups excluding carboxylic acids is 3. The first-order valence-corrected chi connectivity index (χ1v) is 15.3. The third-order valence-corrected chi connectivity index (χ3v) is 10.0. The Labute approximate surface area is 262 Å². The molecule has 0 unspecified atom stereocenters. The van der Waals surface area contributed by atoms with Crippen LogP contribution < -0.4 is 24.6 Å². The van der Waals surface area contributed by atoms with E-state index < -0.39 is 57.1 Å². The molecule has 0 aliphatic carbocycles. The molecule has 14 heteroatoms. The minimum Gasteiger partial charge on any atom is -0.493 e. The van der Waals surface area contributed by atoms with E-state index in [0.29, 0.717) is 26.1 Å². The molecule has 3 amide bonds. The van der Waals surface area contributed by atoms with Gasteiger partial charge in [0.05, 0.1) is 29.3 Å². The van der Waals surface area contributed by atoms with Crippen LogP contribution in [0.3, 0.4) is 0 Å². The number of methoxy groups -OCH3 is 1. The monoisotopic (exact) mass is 655 g/mol. The number of imide groups is 1. The number of hydrogen-bond donors (Lipinski definition) is 2. The molecule has 0 radical (unpaired) electrons. The molecule has 3 heterocycles. The van der Waals surface area contributed by atoms with Crippen molar-refractivity contribution in [1.82, 2.24) is 4.98 Å². The van der Waals surface area contributed by atoms with E-state index in [0.717, 1.165) is 40.8 Å². The zero-order valence-corrected chi connectivity index (χ0v) is 25.3. The number of hydrogen-bond acceptors (Lipinski definition) is 8. The SMILES string of the molecule is COc1cc([C@@H]2c3sc(=O)[nH]c3S[C@H]3C(=O)N(c4ccccc4C(F)(F)F)C(=O)[C@@H]23)ccc1OCC(=O)Nc1ccccc1C. The van der Waals surface area contributed by atoms with Crippen molar-refractivity contribution in [1.29, 1.82) is 0 Å². The fraction of sp³-hybridized carbons (Fsp3) is 0.226. The molecule has 4 aromatic rings. The van der Waals surface area contributed by atoms with Gasteiger partial charge < -0.3 is 19.8 Å². The van der Waals surface area contributed by atoms with Crippen molar-refractivity contribution in [3.05, 3.63) is 98.0 Å². The van der Waals surface area contributed by atoms with Crippen LogP contribution in [0.5, 0.6) is 11.5 Å². The van der Waals surface area contributed by atoms with Crippen molar-refractivity contribution in [2.75, 3.05) is 23.9 Å². The fourth-order valence-electron chi connectivity index (χ4n) is 5.56. The highest BCUT2D eigenvalue weighted by atomic mass is 32.2. The summed E-state index contributed by atoms with van der Waals surface area (Å²) >= 11 is 1.82. The highest BCUT2D eigenvalue weighted by Crippen LogP contribution is 2.54. The molecule has 1 fully saturated rings. The van der Waals surface area contributed by atoms with Crippen LogP contribution in [0.2, 0.25) is 0 Å². The number of H-pyrrole nitrogens is 1. The van der Waals surface area contributed by atoms with Gasteiger partial charge in [0.15, 0.2) is 18.1 Å². The topological polar surface area (TPSA) is 118 Å². The van der Waals surface area contributed by atoms with Gasteiger partial charge in [0.2, 0.25) is 11.8 Å². The molecule has 6 rings (SSSR count). The Morgan fingerprint density at radius 3 is 2.47 bits per heavy atom. The van der Waals surface area contributed by atoms with Gasteiger partial charge in [-0.3, -0.25) is 19.2 Å². The van der Waals surface area contributed by atoms with Gasteiger partial charge in [-0.2, -0.15) is 13.2 Å². The number of nitrogens with zero attached hydrogens (tertiary/aromatic N) is 1. The maximum absolute atomic E-state index is 13.9. The summed E-state index contributed by atoms with van der Waals surface area (Å²) in [5, 5.41) is 2.06. The number of halogens is 3. The molecule has 2 aliphatic rings. The summed E-state index contributed by atoms with van der Waals surface area (Å²) in [7, 11) is 1.39. The molecule has 9 nitrogen and oxygen atoms in total. The fourth-order valence-corrected chi connectivity index (χ4v) is 8.08. The third-order valence-electron chi connectivity index (χ3n) is 7.60. The lowest BCUT2D eigenvalue weighted by molar-refractivity contribution is -0.137. The number of rotatable bonds is 7. The van der Waals surface area contributed by atoms with Crippen molar-refractivity contribution in [3.8, 4) is 11.5 Å². The summed E-state index contributed by atoms with van der Waals surface area (Å²) in [6.45, 7) is 1.52. The van der Waals surface area contributed by atoms with Crippen LogP contribution >= 0.6 is 23.1 Å². The number of fused-ring (bicyclic) bond motifs is 2. The zero-order valence-electron chi connectivity index (χ0n) is 23.6. The highest BCUT2D eigenvalue weighted by Gasteiger charge is 2.57. The second kappa shape index (κ2) is 11.7. The van der Waals surface area contributed by atoms with Crippen molar-refractivity contribution in [2.24, 2.45) is 5.92 Å². The van der Waals surface area contributed by atoms with E-state index in [1.54, 1.807) is 30.3 Å². The van der Waals surface area contributed by atoms with Crippen LogP contribution in [0.15, 0.2) is 76.6 Å². The molecule has 3 aromatic carbocycles. The Kier molecular flexibility index (Phi) is 7.95. The first-order valence-electron chi connectivity index (χ1n) is 13.6. The summed E-state index contributed by atoms with van der Waals surface area (Å²) < 4.78 is 52.9. The molecule has 232 valence electrons. The third kappa shape index (κ3) is 5.59. The molecule has 2 N–H and O–H groups in total. The standard InChI is InChI=1S/C31H24F3N3O6S2/c1-15-7-3-5-9-18(15)35-22(38)14-43-20-12-11-16(13-21(20)42-2)23-24-26(44-27-25(23)45-30(41)36-27)29(40)37(28(24)39)19-10-6-4-8-17(19)31(32,33)34/h3-13,23-24,26H,14H2,1-2H3,(H,35,38)(H,36,41)/t23-,24-,26+/m0/s1. The maximum atomic E-state index is 13.9. The van der Waals surface area contributed by atoms with Gasteiger partial charge in [-0.15, -0.1) is 0 Å². The largest absolute Gasteiger partial charge is 0.493 e. The number of aromatic nitrogens is 1. The number of para-hydroxylation sites is 2. The molecule has 0 bridgehead atoms. The minimum absolute atomic E-state index is 0.214. The lowest BCUT2D eigenvalue weighted by Crippen LogP contribution is -2.33. The number of thioether (sulfide) groups is 1. The summed E-state index contributed by atoms with van der Waals surface area (Å²) in [4.78, 5) is 55.9. The predicted octanol–water partition coefficient (Wildman–Crippen LogP) is 5.59. The molecule has 3 atom stereocenters. The summed E-state index contributed by atoms with van der Waals surface area (Å²) in [5.74, 6) is -3.55. The molecule has 0 saturated carbocycles.